The maximum Gasteiger partial charge on any atom is 0.306 e. The van der Waals surface area contributed by atoms with Crippen LogP contribution in [-0.4, -0.2) is 53.5 Å². The van der Waals surface area contributed by atoms with E-state index in [0.717, 1.165) is 12.8 Å². The number of Topliss-reactive ketones (excluding diaryl/α,β-unsaturated/α-hetero) is 1. The van der Waals surface area contributed by atoms with Gasteiger partial charge in [-0.3, -0.25) is 24.0 Å². The van der Waals surface area contributed by atoms with Crippen molar-refractivity contribution in [3.05, 3.63) is 23.8 Å². The fourth-order valence-corrected chi connectivity index (χ4v) is 8.83. The SMILES string of the molecule is CCCCCC(=O)O[C@@H]1C[C@@]2(C)[C@@H](C[C@@H](C)[C@]2(OC(=O)CC)C(=O)COC(=O)CC)[C@@H]2CCC3=CC(=O)C=C[C@]3(C)[C@@]12F. The highest BCUT2D eigenvalue weighted by Gasteiger charge is 2.78. The quantitative estimate of drug-likeness (QED) is 0.162. The number of hydrogen-bond donors (Lipinski definition) is 0. The number of alkyl halides is 1. The monoisotopic (exact) mass is 602 g/mol. The number of halogens is 1. The Morgan fingerprint density at radius 1 is 1.00 bits per heavy atom. The number of ketones is 2. The molecule has 8 atom stereocenters. The molecule has 8 nitrogen and oxygen atoms in total. The molecule has 0 bridgehead atoms. The van der Waals surface area contributed by atoms with Gasteiger partial charge in [0.05, 0.1) is 0 Å². The summed E-state index contributed by atoms with van der Waals surface area (Å²) in [5.41, 5.74) is -5.42. The Morgan fingerprint density at radius 2 is 1.70 bits per heavy atom. The van der Waals surface area contributed by atoms with Crippen LogP contribution in [0.5, 0.6) is 0 Å². The normalized spacial score (nSPS) is 37.8. The molecule has 0 saturated heterocycles. The van der Waals surface area contributed by atoms with Crippen molar-refractivity contribution in [3.63, 3.8) is 0 Å². The van der Waals surface area contributed by atoms with Crippen molar-refractivity contribution >= 4 is 29.5 Å². The Labute approximate surface area is 254 Å². The molecule has 0 aliphatic heterocycles. The van der Waals surface area contributed by atoms with Crippen molar-refractivity contribution in [2.24, 2.45) is 28.6 Å². The van der Waals surface area contributed by atoms with E-state index >= 15 is 4.39 Å². The lowest BCUT2D eigenvalue weighted by atomic mass is 9.44. The molecule has 4 rings (SSSR count). The second kappa shape index (κ2) is 12.3. The summed E-state index contributed by atoms with van der Waals surface area (Å²) >= 11 is 0. The molecule has 0 heterocycles. The number of carbonyl (C=O) groups excluding carboxylic acids is 5. The van der Waals surface area contributed by atoms with Gasteiger partial charge in [-0.1, -0.05) is 59.1 Å². The molecule has 0 aromatic rings. The van der Waals surface area contributed by atoms with Crippen LogP contribution in [0.15, 0.2) is 23.8 Å². The van der Waals surface area contributed by atoms with Gasteiger partial charge in [-0.25, -0.2) is 4.39 Å². The van der Waals surface area contributed by atoms with E-state index in [0.29, 0.717) is 31.3 Å². The van der Waals surface area contributed by atoms with E-state index in [4.69, 9.17) is 14.2 Å². The smallest absolute Gasteiger partial charge is 0.306 e. The van der Waals surface area contributed by atoms with Gasteiger partial charge >= 0.3 is 17.9 Å². The van der Waals surface area contributed by atoms with E-state index < -0.39 is 76.3 Å². The lowest BCUT2D eigenvalue weighted by Crippen LogP contribution is -2.70. The van der Waals surface area contributed by atoms with Crippen molar-refractivity contribution < 1.29 is 42.6 Å². The van der Waals surface area contributed by atoms with Crippen LogP contribution < -0.4 is 0 Å². The Hall–Kier alpha value is -2.84. The molecule has 9 heteroatoms. The maximum absolute atomic E-state index is 18.4. The molecular formula is C34H47FO8. The summed E-state index contributed by atoms with van der Waals surface area (Å²) in [7, 11) is 0. The molecule has 0 aromatic heterocycles. The molecular weight excluding hydrogens is 555 g/mol. The van der Waals surface area contributed by atoms with Gasteiger partial charge in [-0.2, -0.15) is 0 Å². The van der Waals surface area contributed by atoms with E-state index in [1.54, 1.807) is 26.8 Å². The highest BCUT2D eigenvalue weighted by molar-refractivity contribution is 6.01. The first-order valence-electron chi connectivity index (χ1n) is 16.0. The Bertz CT molecular complexity index is 1220. The van der Waals surface area contributed by atoms with Crippen LogP contribution in [0.25, 0.3) is 0 Å². The van der Waals surface area contributed by atoms with Crippen LogP contribution in [0.1, 0.15) is 106 Å². The Balaban J connectivity index is 1.85. The van der Waals surface area contributed by atoms with Crippen LogP contribution >= 0.6 is 0 Å². The van der Waals surface area contributed by atoms with Gasteiger partial charge < -0.3 is 14.2 Å². The van der Waals surface area contributed by atoms with Gasteiger partial charge in [0.2, 0.25) is 5.78 Å². The first-order chi connectivity index (χ1) is 20.2. The van der Waals surface area contributed by atoms with Crippen molar-refractivity contribution in [1.29, 1.82) is 0 Å². The van der Waals surface area contributed by atoms with Gasteiger partial charge in [0.25, 0.3) is 0 Å². The predicted octanol–water partition coefficient (Wildman–Crippen LogP) is 5.95. The number of unbranched alkanes of at least 4 members (excludes halogenated alkanes) is 2. The number of carbonyl (C=O) groups is 5. The van der Waals surface area contributed by atoms with Gasteiger partial charge in [0, 0.05) is 41.9 Å². The van der Waals surface area contributed by atoms with Crippen molar-refractivity contribution in [2.75, 3.05) is 6.61 Å². The summed E-state index contributed by atoms with van der Waals surface area (Å²) in [5, 5.41) is 0. The van der Waals surface area contributed by atoms with Gasteiger partial charge in [-0.05, 0) is 57.1 Å². The van der Waals surface area contributed by atoms with Gasteiger partial charge in [-0.15, -0.1) is 0 Å². The summed E-state index contributed by atoms with van der Waals surface area (Å²) in [5.74, 6) is -3.98. The molecule has 3 saturated carbocycles. The molecule has 0 unspecified atom stereocenters. The first kappa shape index (κ1) is 33.1. The molecule has 3 fully saturated rings. The number of hydrogen-bond acceptors (Lipinski definition) is 8. The second-order valence-corrected chi connectivity index (χ2v) is 13.3. The predicted molar refractivity (Wildman–Crippen MR) is 156 cm³/mol. The number of rotatable bonds is 11. The number of esters is 3. The van der Waals surface area contributed by atoms with Crippen LogP contribution in [0.4, 0.5) is 4.39 Å². The topological polar surface area (TPSA) is 113 Å². The summed E-state index contributed by atoms with van der Waals surface area (Å²) in [6, 6.07) is 0. The van der Waals surface area contributed by atoms with Crippen LogP contribution in [0.2, 0.25) is 0 Å². The average molecular weight is 603 g/mol. The van der Waals surface area contributed by atoms with Crippen LogP contribution in [0.3, 0.4) is 0 Å². The minimum absolute atomic E-state index is 0.0224. The standard InChI is InChI=1S/C34H47FO8/c1-7-10-11-12-30(40)42-27-19-32(6)25(24-14-13-22-18-23(36)15-16-31(22,5)33(24,27)35)17-21(4)34(32,43-29(39)9-3)26(37)20-41-28(38)8-2/h15-16,18,21,24-25,27H,7-14,17,19-20H2,1-6H3/t21-,24+,25+,27-,31+,32+,33+,34+/m1/s1. The highest BCUT2D eigenvalue weighted by Crippen LogP contribution is 2.72. The van der Waals surface area contributed by atoms with E-state index in [2.05, 4.69) is 0 Å². The fourth-order valence-electron chi connectivity index (χ4n) is 8.83. The Kier molecular flexibility index (Phi) is 9.44. The van der Waals surface area contributed by atoms with E-state index in [-0.39, 0.29) is 31.5 Å². The molecule has 0 aromatic carbocycles. The molecule has 43 heavy (non-hydrogen) atoms. The van der Waals surface area contributed by atoms with E-state index in [9.17, 15) is 24.0 Å². The van der Waals surface area contributed by atoms with Crippen molar-refractivity contribution in [2.45, 2.75) is 123 Å². The first-order valence-corrected chi connectivity index (χ1v) is 16.0. The minimum atomic E-state index is -2.07. The van der Waals surface area contributed by atoms with E-state index in [1.807, 2.05) is 20.8 Å². The fraction of sp³-hybridized carbons (Fsp3) is 0.735. The second-order valence-electron chi connectivity index (χ2n) is 13.3. The third kappa shape index (κ3) is 5.18. The summed E-state index contributed by atoms with van der Waals surface area (Å²) in [6.07, 6.45) is 7.01. The van der Waals surface area contributed by atoms with Gasteiger partial charge in [0.15, 0.2) is 23.7 Å². The summed E-state index contributed by atoms with van der Waals surface area (Å²) < 4.78 is 35.8. The maximum atomic E-state index is 18.4. The molecule has 238 valence electrons. The molecule has 4 aliphatic rings. The third-order valence-corrected chi connectivity index (χ3v) is 11.0. The summed E-state index contributed by atoms with van der Waals surface area (Å²) in [4.78, 5) is 64.7. The number of fused-ring (bicyclic) bond motifs is 5. The molecule has 0 spiro atoms. The zero-order valence-corrected chi connectivity index (χ0v) is 26.5. The lowest BCUT2D eigenvalue weighted by Gasteiger charge is -2.63. The lowest BCUT2D eigenvalue weighted by molar-refractivity contribution is -0.236. The minimum Gasteiger partial charge on any atom is -0.459 e. The zero-order valence-electron chi connectivity index (χ0n) is 26.5. The zero-order chi connectivity index (χ0) is 31.8. The van der Waals surface area contributed by atoms with Crippen LogP contribution in [0, 0.1) is 28.6 Å². The molecule has 0 amide bonds. The van der Waals surface area contributed by atoms with Gasteiger partial charge in [0.1, 0.15) is 6.10 Å². The Morgan fingerprint density at radius 3 is 2.35 bits per heavy atom. The third-order valence-electron chi connectivity index (χ3n) is 11.0. The number of ether oxygens (including phenoxy) is 3. The largest absolute Gasteiger partial charge is 0.459 e. The van der Waals surface area contributed by atoms with E-state index in [1.165, 1.54) is 12.2 Å². The summed E-state index contributed by atoms with van der Waals surface area (Å²) in [6.45, 7) is 10.1. The molecule has 4 aliphatic carbocycles. The van der Waals surface area contributed by atoms with Crippen molar-refractivity contribution in [1.82, 2.24) is 0 Å². The molecule has 0 radical (unpaired) electrons. The number of allylic oxidation sites excluding steroid dienone is 4. The van der Waals surface area contributed by atoms with Crippen LogP contribution in [-0.2, 0) is 38.2 Å². The highest BCUT2D eigenvalue weighted by atomic mass is 19.1. The van der Waals surface area contributed by atoms with Crippen molar-refractivity contribution in [3.8, 4) is 0 Å². The molecule has 0 N–H and O–H groups in total. The average Bonchev–Trinajstić information content (AvgIpc) is 3.18.